The molecule has 0 heterocycles. The lowest BCUT2D eigenvalue weighted by atomic mass is 10.1. The number of non-ortho nitro benzene ring substituents is 1. The minimum absolute atomic E-state index is 0.139. The van der Waals surface area contributed by atoms with Crippen molar-refractivity contribution < 1.29 is 22.9 Å². The van der Waals surface area contributed by atoms with Gasteiger partial charge in [-0.1, -0.05) is 18.2 Å². The van der Waals surface area contributed by atoms with Gasteiger partial charge in [0, 0.05) is 12.1 Å². The van der Waals surface area contributed by atoms with Gasteiger partial charge in [0.2, 0.25) is 5.91 Å². The molecule has 1 amide bonds. The van der Waals surface area contributed by atoms with E-state index in [1.165, 1.54) is 30.3 Å². The number of alkyl halides is 3. The number of carbonyl (C=O) groups excluding carboxylic acids is 1. The summed E-state index contributed by atoms with van der Waals surface area (Å²) in [5, 5.41) is 13.3. The average molecular weight is 338 g/mol. The smallest absolute Gasteiger partial charge is 0.325 e. The highest BCUT2D eigenvalue weighted by Gasteiger charge is 2.29. The lowest BCUT2D eigenvalue weighted by Crippen LogP contribution is -2.15. The minimum atomic E-state index is -4.43. The minimum Gasteiger partial charge on any atom is -0.325 e. The molecule has 0 aromatic heterocycles. The molecule has 0 fully saturated rings. The van der Waals surface area contributed by atoms with Crippen LogP contribution < -0.4 is 5.32 Å². The van der Waals surface area contributed by atoms with E-state index in [4.69, 9.17) is 0 Å². The second-order valence-electron chi connectivity index (χ2n) is 5.18. The summed E-state index contributed by atoms with van der Waals surface area (Å²) in [5.74, 6) is -0.474. The Hall–Kier alpha value is -2.90. The van der Waals surface area contributed by atoms with Crippen molar-refractivity contribution in [3.8, 4) is 0 Å². The van der Waals surface area contributed by atoms with Crippen LogP contribution in [0.5, 0.6) is 0 Å². The van der Waals surface area contributed by atoms with Gasteiger partial charge in [-0.25, -0.2) is 0 Å². The molecule has 0 aliphatic heterocycles. The van der Waals surface area contributed by atoms with Crippen molar-refractivity contribution in [1.29, 1.82) is 0 Å². The number of benzene rings is 2. The van der Waals surface area contributed by atoms with Crippen molar-refractivity contribution in [2.75, 3.05) is 5.32 Å². The summed E-state index contributed by atoms with van der Waals surface area (Å²) < 4.78 is 37.4. The van der Waals surface area contributed by atoms with E-state index in [1.807, 2.05) is 0 Å². The molecule has 126 valence electrons. The second-order valence-corrected chi connectivity index (χ2v) is 5.18. The van der Waals surface area contributed by atoms with Crippen molar-refractivity contribution >= 4 is 17.3 Å². The summed E-state index contributed by atoms with van der Waals surface area (Å²) in [4.78, 5) is 22.2. The molecule has 24 heavy (non-hydrogen) atoms. The third-order valence-corrected chi connectivity index (χ3v) is 3.35. The monoisotopic (exact) mass is 338 g/mol. The first kappa shape index (κ1) is 17.5. The average Bonchev–Trinajstić information content (AvgIpc) is 2.48. The van der Waals surface area contributed by atoms with Gasteiger partial charge < -0.3 is 5.32 Å². The standard InChI is InChI=1S/C16H13F3N2O3/c1-10-2-7-13(21(23)24)9-14(10)20-15(22)8-11-3-5-12(6-4-11)16(17,18)19/h2-7,9H,8H2,1H3,(H,20,22). The van der Waals surface area contributed by atoms with Crippen LogP contribution >= 0.6 is 0 Å². The lowest BCUT2D eigenvalue weighted by molar-refractivity contribution is -0.384. The third kappa shape index (κ3) is 4.31. The van der Waals surface area contributed by atoms with E-state index in [-0.39, 0.29) is 12.1 Å². The van der Waals surface area contributed by atoms with Gasteiger partial charge in [-0.2, -0.15) is 13.2 Å². The van der Waals surface area contributed by atoms with Crippen molar-refractivity contribution in [1.82, 2.24) is 0 Å². The number of aryl methyl sites for hydroxylation is 1. The number of amides is 1. The highest BCUT2D eigenvalue weighted by Crippen LogP contribution is 2.29. The number of carbonyl (C=O) groups is 1. The van der Waals surface area contributed by atoms with Crippen molar-refractivity contribution in [3.63, 3.8) is 0 Å². The van der Waals surface area contributed by atoms with Gasteiger partial charge in [-0.3, -0.25) is 14.9 Å². The Morgan fingerprint density at radius 3 is 2.33 bits per heavy atom. The lowest BCUT2D eigenvalue weighted by Gasteiger charge is -2.09. The molecule has 2 rings (SSSR count). The summed E-state index contributed by atoms with van der Waals surface area (Å²) >= 11 is 0. The van der Waals surface area contributed by atoms with E-state index in [0.29, 0.717) is 16.8 Å². The topological polar surface area (TPSA) is 72.2 Å². The van der Waals surface area contributed by atoms with Crippen LogP contribution in [0, 0.1) is 17.0 Å². The number of nitro groups is 1. The van der Waals surface area contributed by atoms with Gasteiger partial charge in [0.25, 0.3) is 5.69 Å². The molecule has 5 nitrogen and oxygen atoms in total. The van der Waals surface area contributed by atoms with Crippen LogP contribution in [-0.4, -0.2) is 10.8 Å². The van der Waals surface area contributed by atoms with Crippen LogP contribution in [0.1, 0.15) is 16.7 Å². The zero-order valence-corrected chi connectivity index (χ0v) is 12.6. The molecule has 0 saturated carbocycles. The molecule has 0 atom stereocenters. The number of rotatable bonds is 4. The maximum absolute atomic E-state index is 12.5. The van der Waals surface area contributed by atoms with Gasteiger partial charge in [0.15, 0.2) is 0 Å². The Morgan fingerprint density at radius 1 is 1.17 bits per heavy atom. The van der Waals surface area contributed by atoms with E-state index in [0.717, 1.165) is 12.1 Å². The summed E-state index contributed by atoms with van der Waals surface area (Å²) in [5.41, 5.74) is 0.387. The Bertz CT molecular complexity index is 771. The Morgan fingerprint density at radius 2 is 1.79 bits per heavy atom. The number of nitrogens with one attached hydrogen (secondary N) is 1. The Balaban J connectivity index is 2.08. The number of nitro benzene ring substituents is 1. The number of nitrogens with zero attached hydrogens (tertiary/aromatic N) is 1. The molecule has 0 saturated heterocycles. The fraction of sp³-hybridized carbons (Fsp3) is 0.188. The van der Waals surface area contributed by atoms with Gasteiger partial charge in [0.05, 0.1) is 22.6 Å². The SMILES string of the molecule is Cc1ccc([N+](=O)[O-])cc1NC(=O)Cc1ccc(C(F)(F)F)cc1. The first-order chi connectivity index (χ1) is 11.2. The quantitative estimate of drug-likeness (QED) is 0.674. The predicted octanol–water partition coefficient (Wildman–Crippen LogP) is 4.10. The third-order valence-electron chi connectivity index (χ3n) is 3.35. The van der Waals surface area contributed by atoms with Crippen molar-refractivity contribution in [3.05, 3.63) is 69.3 Å². The maximum Gasteiger partial charge on any atom is 0.416 e. The van der Waals surface area contributed by atoms with E-state index in [9.17, 15) is 28.1 Å². The van der Waals surface area contributed by atoms with Gasteiger partial charge >= 0.3 is 6.18 Å². The number of halogens is 3. The zero-order valence-electron chi connectivity index (χ0n) is 12.6. The molecule has 0 spiro atoms. The first-order valence-electron chi connectivity index (χ1n) is 6.88. The summed E-state index contributed by atoms with van der Waals surface area (Å²) in [6, 6.07) is 8.32. The van der Waals surface area contributed by atoms with Crippen LogP contribution in [0.4, 0.5) is 24.5 Å². The second kappa shape index (κ2) is 6.69. The summed E-state index contributed by atoms with van der Waals surface area (Å²) in [6.45, 7) is 1.68. The van der Waals surface area contributed by atoms with Crippen molar-refractivity contribution in [2.45, 2.75) is 19.5 Å². The largest absolute Gasteiger partial charge is 0.416 e. The molecule has 2 aromatic carbocycles. The van der Waals surface area contributed by atoms with E-state index in [1.54, 1.807) is 6.92 Å². The normalized spacial score (nSPS) is 11.2. The van der Waals surface area contributed by atoms with E-state index in [2.05, 4.69) is 5.32 Å². The number of anilines is 1. The van der Waals surface area contributed by atoms with Crippen LogP contribution in [0.15, 0.2) is 42.5 Å². The van der Waals surface area contributed by atoms with Crippen molar-refractivity contribution in [2.24, 2.45) is 0 Å². The predicted molar refractivity (Wildman–Crippen MR) is 81.6 cm³/mol. The molecule has 0 aliphatic carbocycles. The molecular weight excluding hydrogens is 325 g/mol. The van der Waals surface area contributed by atoms with Gasteiger partial charge in [-0.05, 0) is 30.2 Å². The molecule has 2 aromatic rings. The molecule has 0 unspecified atom stereocenters. The molecular formula is C16H13F3N2O3. The van der Waals surface area contributed by atoms with Crippen LogP contribution in [-0.2, 0) is 17.4 Å². The molecule has 8 heteroatoms. The van der Waals surface area contributed by atoms with E-state index < -0.39 is 22.6 Å². The Labute approximate surface area is 135 Å². The first-order valence-corrected chi connectivity index (χ1v) is 6.88. The Kier molecular flexibility index (Phi) is 4.87. The highest BCUT2D eigenvalue weighted by atomic mass is 19.4. The fourth-order valence-corrected chi connectivity index (χ4v) is 2.05. The van der Waals surface area contributed by atoms with Crippen LogP contribution in [0.3, 0.4) is 0 Å². The maximum atomic E-state index is 12.5. The number of hydrogen-bond donors (Lipinski definition) is 1. The van der Waals surface area contributed by atoms with Gasteiger partial charge in [0.1, 0.15) is 0 Å². The van der Waals surface area contributed by atoms with Gasteiger partial charge in [-0.15, -0.1) is 0 Å². The summed E-state index contributed by atoms with van der Waals surface area (Å²) in [6.07, 6.45) is -4.57. The highest BCUT2D eigenvalue weighted by molar-refractivity contribution is 5.93. The molecule has 0 aliphatic rings. The molecule has 0 radical (unpaired) electrons. The van der Waals surface area contributed by atoms with Crippen LogP contribution in [0.25, 0.3) is 0 Å². The number of hydrogen-bond acceptors (Lipinski definition) is 3. The van der Waals surface area contributed by atoms with E-state index >= 15 is 0 Å². The molecule has 0 bridgehead atoms. The van der Waals surface area contributed by atoms with Crippen LogP contribution in [0.2, 0.25) is 0 Å². The zero-order chi connectivity index (χ0) is 17.9. The molecule has 1 N–H and O–H groups in total. The fourth-order valence-electron chi connectivity index (χ4n) is 2.05. The summed E-state index contributed by atoms with van der Waals surface area (Å²) in [7, 11) is 0.